The molecule has 0 aliphatic heterocycles. The van der Waals surface area contributed by atoms with Crippen molar-refractivity contribution in [3.63, 3.8) is 0 Å². The van der Waals surface area contributed by atoms with Crippen LogP contribution < -0.4 is 0 Å². The Morgan fingerprint density at radius 2 is 1.55 bits per heavy atom. The van der Waals surface area contributed by atoms with Gasteiger partial charge in [-0.1, -0.05) is 0 Å². The molecule has 66 valence electrons. The fourth-order valence-corrected chi connectivity index (χ4v) is 0.633. The van der Waals surface area contributed by atoms with Gasteiger partial charge in [-0.15, -0.1) is 0 Å². The minimum absolute atomic E-state index is 0.541. The van der Waals surface area contributed by atoms with E-state index in [4.69, 9.17) is 0 Å². The summed E-state index contributed by atoms with van der Waals surface area (Å²) in [5.74, 6) is 0. The van der Waals surface area contributed by atoms with E-state index in [9.17, 15) is 22.0 Å². The first-order chi connectivity index (χ1) is 4.63. The molecule has 0 aliphatic carbocycles. The molecular weight excluding hydrogens is 305 g/mol. The Morgan fingerprint density at radius 3 is 1.64 bits per heavy atom. The van der Waals surface area contributed by atoms with Crippen molar-refractivity contribution in [3.05, 3.63) is 9.66 Å². The largest absolute Gasteiger partial charge is 0.410 e. The van der Waals surface area contributed by atoms with Gasteiger partial charge in [-0.25, -0.2) is 0 Å². The maximum atomic E-state index is 11.8. The van der Waals surface area contributed by atoms with E-state index in [1.807, 2.05) is 0 Å². The normalized spacial score (nSPS) is 15.4. The second-order valence-electron chi connectivity index (χ2n) is 1.53. The molecule has 7 heteroatoms. The Morgan fingerprint density at radius 1 is 1.18 bits per heavy atom. The molecule has 0 rings (SSSR count). The van der Waals surface area contributed by atoms with E-state index in [0.29, 0.717) is 0 Å². The zero-order chi connectivity index (χ0) is 9.28. The third kappa shape index (κ3) is 5.66. The molecule has 0 radical (unpaired) electrons. The number of allylic oxidation sites excluding steroid dienone is 2. The average molecular weight is 306 g/mol. The summed E-state index contributed by atoms with van der Waals surface area (Å²) in [6.07, 6.45) is -5.30. The summed E-state index contributed by atoms with van der Waals surface area (Å²) in [5.41, 5.74) is 0. The lowest BCUT2D eigenvalue weighted by molar-refractivity contribution is -0.0812. The molecule has 0 bridgehead atoms. The second-order valence-corrected chi connectivity index (χ2v) is 3.17. The smallest absolute Gasteiger partial charge is 0.183 e. The number of hydrogen-bond acceptors (Lipinski definition) is 0. The molecule has 0 aromatic heterocycles. The Bertz CT molecular complexity index is 166. The van der Waals surface area contributed by atoms with Gasteiger partial charge in [0, 0.05) is 6.08 Å². The summed E-state index contributed by atoms with van der Waals surface area (Å²) in [6.45, 7) is 0. The fraction of sp³-hybridized carbons (Fsp3) is 0.500. The van der Waals surface area contributed by atoms with Crippen molar-refractivity contribution in [3.8, 4) is 0 Å². The summed E-state index contributed by atoms with van der Waals surface area (Å²) in [6, 6.07) is 0. The second kappa shape index (κ2) is 3.42. The Balaban J connectivity index is 4.49. The van der Waals surface area contributed by atoms with Crippen molar-refractivity contribution >= 4 is 34.2 Å². The molecule has 0 atom stereocenters. The predicted octanol–water partition coefficient (Wildman–Crippen LogP) is 3.70. The summed E-state index contributed by atoms with van der Waals surface area (Å²) >= 11 is 5.11. The molecule has 0 nitrogen and oxygen atoms in total. The molecule has 0 N–H and O–H groups in total. The van der Waals surface area contributed by atoms with E-state index in [-0.39, 0.29) is 0 Å². The van der Waals surface area contributed by atoms with Gasteiger partial charge in [-0.2, -0.15) is 22.0 Å². The zero-order valence-electron chi connectivity index (χ0n) is 4.72. The lowest BCUT2D eigenvalue weighted by Crippen LogP contribution is -2.10. The molecule has 0 heterocycles. The number of halogens is 7. The number of alkyl halides is 6. The van der Waals surface area contributed by atoms with E-state index < -0.39 is 21.2 Å². The summed E-state index contributed by atoms with van der Waals surface area (Å²) in [7, 11) is 0. The van der Waals surface area contributed by atoms with Crippen molar-refractivity contribution in [2.24, 2.45) is 0 Å². The van der Waals surface area contributed by atoms with E-state index in [0.717, 1.165) is 22.6 Å². The van der Waals surface area contributed by atoms with E-state index in [1.165, 1.54) is 0 Å². The molecule has 11 heavy (non-hydrogen) atoms. The molecule has 0 aromatic rings. The molecule has 0 fully saturated rings. The first-order valence-corrected chi connectivity index (χ1v) is 3.61. The van der Waals surface area contributed by atoms with Gasteiger partial charge < -0.3 is 0 Å². The van der Waals surface area contributed by atoms with Gasteiger partial charge in [0.05, 0.1) is 3.58 Å². The number of rotatable bonds is 1. The lowest BCUT2D eigenvalue weighted by Gasteiger charge is -2.07. The molecule has 0 aliphatic rings. The van der Waals surface area contributed by atoms with Gasteiger partial charge in [0.15, 0.2) is 0 Å². The van der Waals surface area contributed by atoms with Crippen LogP contribution in [-0.2, 0) is 0 Å². The monoisotopic (exact) mass is 306 g/mol. The summed E-state index contributed by atoms with van der Waals surface area (Å²) in [4.78, 5) is 0. The van der Waals surface area contributed by atoms with Crippen molar-refractivity contribution in [2.75, 3.05) is 0 Å². The van der Waals surface area contributed by atoms with Crippen LogP contribution in [0.2, 0.25) is 0 Å². The van der Waals surface area contributed by atoms with Crippen LogP contribution in [0.3, 0.4) is 0 Å². The highest BCUT2D eigenvalue weighted by molar-refractivity contribution is 14.1. The lowest BCUT2D eigenvalue weighted by atomic mass is 10.5. The van der Waals surface area contributed by atoms with Crippen LogP contribution in [0.15, 0.2) is 9.66 Å². The standard InChI is InChI=1S/C4HClF5I/c5-4(9,10)2(11)1-3(6,7)8/h1H/b2-1-. The maximum Gasteiger partial charge on any atom is 0.410 e. The molecule has 0 amide bonds. The predicted molar refractivity (Wildman–Crippen MR) is 39.0 cm³/mol. The fourth-order valence-electron chi connectivity index (χ4n) is 0.226. The van der Waals surface area contributed by atoms with Crippen molar-refractivity contribution in [1.82, 2.24) is 0 Å². The average Bonchev–Trinajstić information content (AvgIpc) is 1.56. The topological polar surface area (TPSA) is 0 Å². The van der Waals surface area contributed by atoms with Crippen molar-refractivity contribution in [1.29, 1.82) is 0 Å². The Hall–Kier alpha value is 0.410. The van der Waals surface area contributed by atoms with Crippen LogP contribution in [0.1, 0.15) is 0 Å². The van der Waals surface area contributed by atoms with Gasteiger partial charge in [0.1, 0.15) is 0 Å². The molecular formula is C4HClF5I. The molecule has 0 spiro atoms. The summed E-state index contributed by atoms with van der Waals surface area (Å²) in [5, 5.41) is -3.93. The summed E-state index contributed by atoms with van der Waals surface area (Å²) < 4.78 is 56.5. The highest BCUT2D eigenvalue weighted by Crippen LogP contribution is 2.36. The van der Waals surface area contributed by atoms with Crippen LogP contribution in [-0.4, -0.2) is 11.6 Å². The van der Waals surface area contributed by atoms with Gasteiger partial charge in [0.2, 0.25) is 0 Å². The van der Waals surface area contributed by atoms with E-state index >= 15 is 0 Å². The quantitative estimate of drug-likeness (QED) is 0.394. The Kier molecular flexibility index (Phi) is 3.55. The van der Waals surface area contributed by atoms with Crippen LogP contribution in [0.4, 0.5) is 22.0 Å². The van der Waals surface area contributed by atoms with E-state index in [1.54, 1.807) is 0 Å². The Labute approximate surface area is 77.5 Å². The molecule has 0 saturated carbocycles. The third-order valence-corrected chi connectivity index (χ3v) is 2.07. The minimum atomic E-state index is -4.76. The van der Waals surface area contributed by atoms with E-state index in [2.05, 4.69) is 11.6 Å². The van der Waals surface area contributed by atoms with Crippen LogP contribution in [0, 0.1) is 0 Å². The van der Waals surface area contributed by atoms with Crippen LogP contribution >= 0.6 is 34.2 Å². The van der Waals surface area contributed by atoms with Gasteiger partial charge in [-0.3, -0.25) is 0 Å². The minimum Gasteiger partial charge on any atom is -0.183 e. The molecule has 0 unspecified atom stereocenters. The van der Waals surface area contributed by atoms with Crippen molar-refractivity contribution < 1.29 is 22.0 Å². The first kappa shape index (κ1) is 11.4. The van der Waals surface area contributed by atoms with Gasteiger partial charge in [-0.05, 0) is 34.2 Å². The maximum absolute atomic E-state index is 11.8. The highest BCUT2D eigenvalue weighted by Gasteiger charge is 2.34. The third-order valence-electron chi connectivity index (χ3n) is 0.561. The highest BCUT2D eigenvalue weighted by atomic mass is 127. The van der Waals surface area contributed by atoms with Crippen LogP contribution in [0.5, 0.6) is 0 Å². The zero-order valence-corrected chi connectivity index (χ0v) is 7.64. The number of hydrogen-bond donors (Lipinski definition) is 0. The van der Waals surface area contributed by atoms with Crippen molar-refractivity contribution in [2.45, 2.75) is 11.6 Å². The van der Waals surface area contributed by atoms with Gasteiger partial charge in [0.25, 0.3) is 0 Å². The SMILES string of the molecule is FC(F)(F)/C=C(\I)C(F)(F)Cl. The first-order valence-electron chi connectivity index (χ1n) is 2.15. The molecule has 0 aromatic carbocycles. The van der Waals surface area contributed by atoms with Gasteiger partial charge >= 0.3 is 11.6 Å². The molecule has 0 saturated heterocycles. The van der Waals surface area contributed by atoms with Crippen LogP contribution in [0.25, 0.3) is 0 Å².